The zero-order valence-corrected chi connectivity index (χ0v) is 12.2. The Kier molecular flexibility index (Phi) is 15.9. The van der Waals surface area contributed by atoms with Crippen molar-refractivity contribution in [1.29, 1.82) is 0 Å². The van der Waals surface area contributed by atoms with E-state index < -0.39 is 0 Å². The van der Waals surface area contributed by atoms with Gasteiger partial charge in [0.05, 0.1) is 0 Å². The van der Waals surface area contributed by atoms with Crippen LogP contribution in [0.4, 0.5) is 0 Å². The largest absolute Gasteiger partial charge is 0.303 e. The predicted octanol–water partition coefficient (Wildman–Crippen LogP) is 5.83. The maximum atomic E-state index is 10.1. The molecule has 0 amide bonds. The van der Waals surface area contributed by atoms with E-state index in [1.54, 1.807) is 0 Å². The SMILES string of the molecule is C=CCCCCCCCCCCCCCCC=O. The molecule has 0 aromatic heterocycles. The van der Waals surface area contributed by atoms with E-state index in [0.717, 1.165) is 19.1 Å². The van der Waals surface area contributed by atoms with Gasteiger partial charge in [0.1, 0.15) is 6.29 Å². The average Bonchev–Trinajstić information content (AvgIpc) is 2.39. The summed E-state index contributed by atoms with van der Waals surface area (Å²) in [5.41, 5.74) is 0. The number of unbranched alkanes of at least 4 members (excludes halogenated alkanes) is 13. The molecule has 0 unspecified atom stereocenters. The minimum atomic E-state index is 0.756. The molecule has 1 heteroatoms. The van der Waals surface area contributed by atoms with Crippen LogP contribution in [0.3, 0.4) is 0 Å². The average molecular weight is 252 g/mol. The van der Waals surface area contributed by atoms with Crippen molar-refractivity contribution < 1.29 is 4.79 Å². The van der Waals surface area contributed by atoms with Crippen molar-refractivity contribution in [2.75, 3.05) is 0 Å². The van der Waals surface area contributed by atoms with E-state index in [2.05, 4.69) is 6.58 Å². The van der Waals surface area contributed by atoms with Gasteiger partial charge in [-0.15, -0.1) is 6.58 Å². The van der Waals surface area contributed by atoms with E-state index in [0.29, 0.717) is 0 Å². The van der Waals surface area contributed by atoms with Crippen LogP contribution in [0.25, 0.3) is 0 Å². The van der Waals surface area contributed by atoms with Gasteiger partial charge in [-0.05, 0) is 19.3 Å². The minimum absolute atomic E-state index is 0.756. The second kappa shape index (κ2) is 16.4. The summed E-state index contributed by atoms with van der Waals surface area (Å²) in [6.07, 6.45) is 21.1. The first kappa shape index (κ1) is 17.4. The van der Waals surface area contributed by atoms with E-state index in [4.69, 9.17) is 0 Å². The lowest BCUT2D eigenvalue weighted by Gasteiger charge is -2.02. The van der Waals surface area contributed by atoms with Gasteiger partial charge in [-0.3, -0.25) is 0 Å². The van der Waals surface area contributed by atoms with E-state index in [1.807, 2.05) is 6.08 Å². The summed E-state index contributed by atoms with van der Waals surface area (Å²) in [5.74, 6) is 0. The van der Waals surface area contributed by atoms with Crippen LogP contribution in [-0.2, 0) is 4.79 Å². The molecule has 0 radical (unpaired) electrons. The molecule has 0 spiro atoms. The molecule has 106 valence electrons. The highest BCUT2D eigenvalue weighted by Crippen LogP contribution is 2.12. The molecule has 0 bridgehead atoms. The summed E-state index contributed by atoms with van der Waals surface area (Å²) < 4.78 is 0. The third kappa shape index (κ3) is 15.4. The molecule has 0 aliphatic carbocycles. The molecule has 0 aliphatic heterocycles. The second-order valence-electron chi connectivity index (χ2n) is 5.28. The normalized spacial score (nSPS) is 10.4. The summed E-state index contributed by atoms with van der Waals surface area (Å²) in [6, 6.07) is 0. The molecule has 1 nitrogen and oxygen atoms in total. The van der Waals surface area contributed by atoms with Gasteiger partial charge in [0.15, 0.2) is 0 Å². The number of carbonyl (C=O) groups excluding carboxylic acids is 1. The zero-order chi connectivity index (χ0) is 13.3. The molecule has 0 heterocycles. The Balaban J connectivity index is 2.90. The van der Waals surface area contributed by atoms with Gasteiger partial charge >= 0.3 is 0 Å². The topological polar surface area (TPSA) is 17.1 Å². The Bertz CT molecular complexity index is 154. The Morgan fingerprint density at radius 2 is 0.889 bits per heavy atom. The lowest BCUT2D eigenvalue weighted by molar-refractivity contribution is -0.107. The number of hydrogen-bond donors (Lipinski definition) is 0. The molecule has 0 aromatic carbocycles. The molecule has 0 aromatic rings. The molecule has 0 fully saturated rings. The number of carbonyl (C=O) groups is 1. The molecule has 0 N–H and O–H groups in total. The van der Waals surface area contributed by atoms with Gasteiger partial charge < -0.3 is 4.79 Å². The van der Waals surface area contributed by atoms with Crippen molar-refractivity contribution >= 4 is 6.29 Å². The first-order valence-electron chi connectivity index (χ1n) is 7.96. The smallest absolute Gasteiger partial charge is 0.119 e. The molecule has 0 aliphatic rings. The van der Waals surface area contributed by atoms with Crippen LogP contribution in [0, 0.1) is 0 Å². The minimum Gasteiger partial charge on any atom is -0.303 e. The van der Waals surface area contributed by atoms with Gasteiger partial charge in [0, 0.05) is 6.42 Å². The lowest BCUT2D eigenvalue weighted by Crippen LogP contribution is -1.83. The van der Waals surface area contributed by atoms with Crippen molar-refractivity contribution in [2.45, 2.75) is 89.9 Å². The molecule has 18 heavy (non-hydrogen) atoms. The maximum Gasteiger partial charge on any atom is 0.119 e. The summed E-state index contributed by atoms with van der Waals surface area (Å²) in [4.78, 5) is 10.1. The fraction of sp³-hybridized carbons (Fsp3) is 0.824. The first-order chi connectivity index (χ1) is 8.91. The van der Waals surface area contributed by atoms with Gasteiger partial charge in [0.25, 0.3) is 0 Å². The summed E-state index contributed by atoms with van der Waals surface area (Å²) in [6.45, 7) is 3.74. The number of allylic oxidation sites excluding steroid dienone is 1. The Morgan fingerprint density at radius 3 is 1.22 bits per heavy atom. The summed E-state index contributed by atoms with van der Waals surface area (Å²) in [5, 5.41) is 0. The Labute approximate surface area is 114 Å². The van der Waals surface area contributed by atoms with Gasteiger partial charge in [-0.2, -0.15) is 0 Å². The van der Waals surface area contributed by atoms with Gasteiger partial charge in [-0.25, -0.2) is 0 Å². The van der Waals surface area contributed by atoms with Crippen molar-refractivity contribution in [3.8, 4) is 0 Å². The van der Waals surface area contributed by atoms with Crippen LogP contribution in [0.2, 0.25) is 0 Å². The lowest BCUT2D eigenvalue weighted by atomic mass is 10.0. The van der Waals surface area contributed by atoms with E-state index >= 15 is 0 Å². The summed E-state index contributed by atoms with van der Waals surface area (Å²) >= 11 is 0. The molecule has 0 saturated heterocycles. The molecular formula is C17H32O. The maximum absolute atomic E-state index is 10.1. The zero-order valence-electron chi connectivity index (χ0n) is 12.2. The Morgan fingerprint density at radius 1 is 0.556 bits per heavy atom. The standard InChI is InChI=1S/C17H32O/c1-2-3-4-5-6-7-8-9-10-11-12-13-14-15-16-17-18/h2,17H,1,3-16H2. The third-order valence-electron chi connectivity index (χ3n) is 3.48. The van der Waals surface area contributed by atoms with Crippen molar-refractivity contribution in [1.82, 2.24) is 0 Å². The highest BCUT2D eigenvalue weighted by molar-refractivity contribution is 5.48. The van der Waals surface area contributed by atoms with Crippen LogP contribution in [0.1, 0.15) is 89.9 Å². The van der Waals surface area contributed by atoms with Crippen LogP contribution in [0.5, 0.6) is 0 Å². The molecule has 0 atom stereocenters. The van der Waals surface area contributed by atoms with Crippen LogP contribution >= 0.6 is 0 Å². The Hall–Kier alpha value is -0.590. The second-order valence-corrected chi connectivity index (χ2v) is 5.28. The van der Waals surface area contributed by atoms with Crippen LogP contribution in [-0.4, -0.2) is 6.29 Å². The number of rotatable bonds is 15. The van der Waals surface area contributed by atoms with Crippen LogP contribution < -0.4 is 0 Å². The van der Waals surface area contributed by atoms with E-state index in [9.17, 15) is 4.79 Å². The molecular weight excluding hydrogens is 220 g/mol. The first-order valence-corrected chi connectivity index (χ1v) is 7.96. The molecule has 0 rings (SSSR count). The van der Waals surface area contributed by atoms with E-state index in [1.165, 1.54) is 77.0 Å². The molecule has 0 saturated carbocycles. The highest BCUT2D eigenvalue weighted by Gasteiger charge is 1.93. The van der Waals surface area contributed by atoms with E-state index in [-0.39, 0.29) is 0 Å². The third-order valence-corrected chi connectivity index (χ3v) is 3.48. The predicted molar refractivity (Wildman–Crippen MR) is 80.9 cm³/mol. The van der Waals surface area contributed by atoms with Crippen LogP contribution in [0.15, 0.2) is 12.7 Å². The number of hydrogen-bond acceptors (Lipinski definition) is 1. The van der Waals surface area contributed by atoms with Crippen molar-refractivity contribution in [2.24, 2.45) is 0 Å². The number of aldehydes is 1. The van der Waals surface area contributed by atoms with Gasteiger partial charge in [-0.1, -0.05) is 70.3 Å². The fourth-order valence-electron chi connectivity index (χ4n) is 2.28. The van der Waals surface area contributed by atoms with Gasteiger partial charge in [0.2, 0.25) is 0 Å². The monoisotopic (exact) mass is 252 g/mol. The highest BCUT2D eigenvalue weighted by atomic mass is 16.1. The summed E-state index contributed by atoms with van der Waals surface area (Å²) in [7, 11) is 0. The van der Waals surface area contributed by atoms with Crippen molar-refractivity contribution in [3.63, 3.8) is 0 Å². The van der Waals surface area contributed by atoms with Crippen molar-refractivity contribution in [3.05, 3.63) is 12.7 Å². The fourth-order valence-corrected chi connectivity index (χ4v) is 2.28. The quantitative estimate of drug-likeness (QED) is 0.203.